The molecule has 1 saturated heterocycles. The van der Waals surface area contributed by atoms with Crippen molar-refractivity contribution >= 4 is 63.2 Å². The summed E-state index contributed by atoms with van der Waals surface area (Å²) in [6, 6.07) is 10.9. The van der Waals surface area contributed by atoms with E-state index in [0.29, 0.717) is 38.3 Å². The topological polar surface area (TPSA) is 97.7 Å². The highest BCUT2D eigenvalue weighted by Crippen LogP contribution is 2.38. The third kappa shape index (κ3) is 6.20. The van der Waals surface area contributed by atoms with Gasteiger partial charge in [-0.3, -0.25) is 9.69 Å². The van der Waals surface area contributed by atoms with Crippen molar-refractivity contribution in [3.05, 3.63) is 50.4 Å². The van der Waals surface area contributed by atoms with E-state index in [4.69, 9.17) is 19.3 Å². The Balaban J connectivity index is 1.92. The van der Waals surface area contributed by atoms with Gasteiger partial charge < -0.3 is 19.3 Å². The van der Waals surface area contributed by atoms with Crippen molar-refractivity contribution in [2.45, 2.75) is 13.8 Å². The Morgan fingerprint density at radius 3 is 2.55 bits per heavy atom. The number of carbonyl (C=O) groups excluding carboxylic acids is 1. The van der Waals surface area contributed by atoms with Crippen LogP contribution in [0.3, 0.4) is 0 Å². The van der Waals surface area contributed by atoms with Crippen LogP contribution in [0, 0.1) is 3.57 Å². The minimum absolute atomic E-state index is 0.131. The molecule has 1 aliphatic heterocycles. The Morgan fingerprint density at radius 2 is 1.94 bits per heavy atom. The number of nitrogens with zero attached hydrogens (tertiary/aromatic N) is 2. The van der Waals surface area contributed by atoms with E-state index in [1.165, 1.54) is 11.8 Å². The predicted molar refractivity (Wildman–Crippen MR) is 137 cm³/mol. The van der Waals surface area contributed by atoms with Gasteiger partial charge >= 0.3 is 5.97 Å². The molecule has 33 heavy (non-hydrogen) atoms. The minimum atomic E-state index is -1.07. The second-order valence-corrected chi connectivity index (χ2v) is 8.87. The number of carbonyl (C=O) groups is 2. The highest BCUT2D eigenvalue weighted by Gasteiger charge is 2.32. The summed E-state index contributed by atoms with van der Waals surface area (Å²) >= 11 is 3.36. The normalized spacial score (nSPS) is 15.9. The maximum absolute atomic E-state index is 13.0. The fraction of sp³-hybridized carbons (Fsp3) is 0.261. The molecular weight excluding hydrogens is 559 g/mol. The number of rotatable bonds is 9. The van der Waals surface area contributed by atoms with Gasteiger partial charge in [0.2, 0.25) is 0 Å². The third-order valence-electron chi connectivity index (χ3n) is 4.47. The standard InChI is InChI=1S/C23H23IN2O6S/c1-4-26-22(29)19(33-23(26)25-15-6-8-16(30-3)9-7-15)12-14-10-17(24)21(32-13-20(27)28)18(11-14)31-5-2/h6-12H,4-5,13H2,1-3H3,(H,27,28)/b19-12+,25-23?. The number of hydrogen-bond donors (Lipinski definition) is 1. The summed E-state index contributed by atoms with van der Waals surface area (Å²) in [5, 5.41) is 9.52. The van der Waals surface area contributed by atoms with Gasteiger partial charge in [0.05, 0.1) is 27.9 Å². The molecule has 0 aliphatic carbocycles. The molecule has 0 aromatic heterocycles. The maximum Gasteiger partial charge on any atom is 0.341 e. The number of hydrogen-bond acceptors (Lipinski definition) is 7. The number of aliphatic carboxylic acids is 1. The largest absolute Gasteiger partial charge is 0.497 e. The van der Waals surface area contributed by atoms with E-state index in [9.17, 15) is 9.59 Å². The summed E-state index contributed by atoms with van der Waals surface area (Å²) in [6.07, 6.45) is 1.78. The molecule has 1 fully saturated rings. The second kappa shape index (κ2) is 11.4. The van der Waals surface area contributed by atoms with E-state index in [2.05, 4.69) is 27.6 Å². The van der Waals surface area contributed by atoms with Gasteiger partial charge in [-0.2, -0.15) is 0 Å². The first-order valence-electron chi connectivity index (χ1n) is 10.1. The molecular formula is C23H23IN2O6S. The lowest BCUT2D eigenvalue weighted by molar-refractivity contribution is -0.139. The number of aliphatic imine (C=N–C) groups is 1. The number of amidine groups is 1. The van der Waals surface area contributed by atoms with Gasteiger partial charge in [0.25, 0.3) is 5.91 Å². The van der Waals surface area contributed by atoms with Crippen LogP contribution in [0.5, 0.6) is 17.2 Å². The Labute approximate surface area is 209 Å². The molecule has 0 bridgehead atoms. The van der Waals surface area contributed by atoms with Gasteiger partial charge in [-0.15, -0.1) is 0 Å². The summed E-state index contributed by atoms with van der Waals surface area (Å²) < 4.78 is 16.9. The predicted octanol–water partition coefficient (Wildman–Crippen LogP) is 4.79. The first kappa shape index (κ1) is 24.9. The molecule has 8 nitrogen and oxygen atoms in total. The van der Waals surface area contributed by atoms with Crippen LogP contribution in [-0.4, -0.2) is 53.9 Å². The molecule has 3 rings (SSSR count). The number of carboxylic acids is 1. The van der Waals surface area contributed by atoms with Crippen molar-refractivity contribution in [3.63, 3.8) is 0 Å². The van der Waals surface area contributed by atoms with Gasteiger partial charge in [-0.25, -0.2) is 9.79 Å². The van der Waals surface area contributed by atoms with E-state index in [0.717, 1.165) is 17.0 Å². The minimum Gasteiger partial charge on any atom is -0.497 e. The highest BCUT2D eigenvalue weighted by molar-refractivity contribution is 14.1. The van der Waals surface area contributed by atoms with Crippen LogP contribution in [-0.2, 0) is 9.59 Å². The van der Waals surface area contributed by atoms with Gasteiger partial charge in [-0.05, 0) is 96.2 Å². The Kier molecular flexibility index (Phi) is 8.61. The monoisotopic (exact) mass is 582 g/mol. The van der Waals surface area contributed by atoms with E-state index in [1.807, 2.05) is 44.2 Å². The van der Waals surface area contributed by atoms with Crippen molar-refractivity contribution in [2.24, 2.45) is 4.99 Å². The molecule has 2 aromatic rings. The number of carboxylic acid groups (broad SMARTS) is 1. The average Bonchev–Trinajstić information content (AvgIpc) is 3.07. The van der Waals surface area contributed by atoms with E-state index in [1.54, 1.807) is 24.2 Å². The van der Waals surface area contributed by atoms with Crippen LogP contribution < -0.4 is 14.2 Å². The SMILES string of the molecule is CCOc1cc(/C=C2/SC(=Nc3ccc(OC)cc3)N(CC)C2=O)cc(I)c1OCC(=O)O. The molecule has 1 N–H and O–H groups in total. The molecule has 0 atom stereocenters. The molecule has 0 spiro atoms. The smallest absolute Gasteiger partial charge is 0.341 e. The number of thioether (sulfide) groups is 1. The van der Waals surface area contributed by atoms with E-state index < -0.39 is 12.6 Å². The average molecular weight is 582 g/mol. The lowest BCUT2D eigenvalue weighted by Gasteiger charge is -2.14. The van der Waals surface area contributed by atoms with Crippen molar-refractivity contribution in [2.75, 3.05) is 26.9 Å². The fourth-order valence-electron chi connectivity index (χ4n) is 3.00. The number of ether oxygens (including phenoxy) is 3. The number of amides is 1. The van der Waals surface area contributed by atoms with Crippen molar-refractivity contribution in [1.29, 1.82) is 0 Å². The van der Waals surface area contributed by atoms with Gasteiger partial charge in [0, 0.05) is 6.54 Å². The van der Waals surface area contributed by atoms with Crippen LogP contribution >= 0.6 is 34.4 Å². The zero-order chi connectivity index (χ0) is 24.0. The lowest BCUT2D eigenvalue weighted by atomic mass is 10.2. The van der Waals surface area contributed by atoms with Crippen molar-refractivity contribution in [1.82, 2.24) is 4.90 Å². The summed E-state index contributed by atoms with van der Waals surface area (Å²) in [6.45, 7) is 4.13. The van der Waals surface area contributed by atoms with Crippen LogP contribution in [0.25, 0.3) is 6.08 Å². The Hall–Kier alpha value is -2.73. The number of halogens is 1. The van der Waals surface area contributed by atoms with Crippen LogP contribution in [0.2, 0.25) is 0 Å². The summed E-state index contributed by atoms with van der Waals surface area (Å²) in [7, 11) is 1.60. The van der Waals surface area contributed by atoms with Crippen molar-refractivity contribution < 1.29 is 28.9 Å². The fourth-order valence-corrected chi connectivity index (χ4v) is 4.84. The first-order chi connectivity index (χ1) is 15.9. The Bertz CT molecular complexity index is 1100. The number of benzene rings is 2. The highest BCUT2D eigenvalue weighted by atomic mass is 127. The lowest BCUT2D eigenvalue weighted by Crippen LogP contribution is -2.28. The summed E-state index contributed by atoms with van der Waals surface area (Å²) in [4.78, 5) is 30.7. The zero-order valence-corrected chi connectivity index (χ0v) is 21.3. The second-order valence-electron chi connectivity index (χ2n) is 6.70. The quantitative estimate of drug-likeness (QED) is 0.336. The third-order valence-corrected chi connectivity index (χ3v) is 6.28. The van der Waals surface area contributed by atoms with Gasteiger partial charge in [0.15, 0.2) is 23.3 Å². The Morgan fingerprint density at radius 1 is 1.21 bits per heavy atom. The molecule has 1 heterocycles. The van der Waals surface area contributed by atoms with Crippen LogP contribution in [0.1, 0.15) is 19.4 Å². The summed E-state index contributed by atoms with van der Waals surface area (Å²) in [5.74, 6) is 0.318. The molecule has 10 heteroatoms. The van der Waals surface area contributed by atoms with Gasteiger partial charge in [-0.1, -0.05) is 0 Å². The molecule has 1 aliphatic rings. The molecule has 0 saturated carbocycles. The van der Waals surface area contributed by atoms with Crippen LogP contribution in [0.4, 0.5) is 5.69 Å². The molecule has 1 amide bonds. The molecule has 0 unspecified atom stereocenters. The maximum atomic E-state index is 13.0. The van der Waals surface area contributed by atoms with E-state index >= 15 is 0 Å². The number of likely N-dealkylation sites (N-methyl/N-ethyl adjacent to an activating group) is 1. The van der Waals surface area contributed by atoms with Crippen LogP contribution in [0.15, 0.2) is 46.3 Å². The zero-order valence-electron chi connectivity index (χ0n) is 18.3. The summed E-state index contributed by atoms with van der Waals surface area (Å²) in [5.41, 5.74) is 1.46. The van der Waals surface area contributed by atoms with Crippen molar-refractivity contribution in [3.8, 4) is 17.2 Å². The van der Waals surface area contributed by atoms with E-state index in [-0.39, 0.29) is 5.91 Å². The van der Waals surface area contributed by atoms with Gasteiger partial charge in [0.1, 0.15) is 5.75 Å². The molecule has 2 aromatic carbocycles. The number of methoxy groups -OCH3 is 1. The molecule has 174 valence electrons. The first-order valence-corrected chi connectivity index (χ1v) is 12.0. The molecule has 0 radical (unpaired) electrons.